The summed E-state index contributed by atoms with van der Waals surface area (Å²) in [6.45, 7) is 5.98. The van der Waals surface area contributed by atoms with Crippen LogP contribution in [0.25, 0.3) is 0 Å². The lowest BCUT2D eigenvalue weighted by atomic mass is 9.98. The molecule has 3 rings (SSSR count). The predicted molar refractivity (Wildman–Crippen MR) is 130 cm³/mol. The molecule has 0 radical (unpaired) electrons. The maximum absolute atomic E-state index is 13.4. The third-order valence-corrected chi connectivity index (χ3v) is 5.90. The van der Waals surface area contributed by atoms with Crippen LogP contribution in [0.1, 0.15) is 26.7 Å². The van der Waals surface area contributed by atoms with Gasteiger partial charge >= 0.3 is 0 Å². The van der Waals surface area contributed by atoms with Crippen LogP contribution in [-0.4, -0.2) is 38.9 Å². The molecule has 0 bridgehead atoms. The minimum Gasteiger partial charge on any atom is -0.493 e. The third-order valence-electron chi connectivity index (χ3n) is 5.59. The number of carbonyl (C=O) groups is 1. The number of allylic oxidation sites excluding steroid dienone is 2. The maximum Gasteiger partial charge on any atom is 0.144 e. The average molecular weight is 458 g/mol. The molecule has 32 heavy (non-hydrogen) atoms. The predicted octanol–water partition coefficient (Wildman–Crippen LogP) is 5.73. The third kappa shape index (κ3) is 6.33. The van der Waals surface area contributed by atoms with Crippen LogP contribution in [0.5, 0.6) is 5.75 Å². The molecule has 2 aromatic carbocycles. The van der Waals surface area contributed by atoms with Crippen molar-refractivity contribution in [1.82, 2.24) is 0 Å². The summed E-state index contributed by atoms with van der Waals surface area (Å²) < 4.78 is 19.2. The number of anilines is 2. The fourth-order valence-electron chi connectivity index (χ4n) is 3.80. The van der Waals surface area contributed by atoms with E-state index < -0.39 is 0 Å². The van der Waals surface area contributed by atoms with E-state index in [4.69, 9.17) is 16.3 Å². The van der Waals surface area contributed by atoms with E-state index in [0.717, 1.165) is 49.4 Å². The zero-order valence-electron chi connectivity index (χ0n) is 18.7. The van der Waals surface area contributed by atoms with Gasteiger partial charge in [-0.1, -0.05) is 17.7 Å². The second kappa shape index (κ2) is 11.1. The van der Waals surface area contributed by atoms with Crippen molar-refractivity contribution in [2.75, 3.05) is 36.5 Å². The van der Waals surface area contributed by atoms with Crippen LogP contribution in [-0.2, 0) is 4.79 Å². The van der Waals surface area contributed by atoms with Crippen molar-refractivity contribution in [3.05, 3.63) is 65.1 Å². The normalized spacial score (nSPS) is 17.3. The monoisotopic (exact) mass is 457 g/mol. The molecule has 2 aromatic rings. The molecule has 0 aromatic heterocycles. The Kier molecular flexibility index (Phi) is 8.28. The second-order valence-electron chi connectivity index (χ2n) is 8.02. The van der Waals surface area contributed by atoms with Gasteiger partial charge in [0.15, 0.2) is 0 Å². The molecule has 1 unspecified atom stereocenters. The van der Waals surface area contributed by atoms with Crippen molar-refractivity contribution in [3.8, 4) is 5.75 Å². The number of hydrogen-bond donors (Lipinski definition) is 0. The number of rotatable bonds is 7. The van der Waals surface area contributed by atoms with Gasteiger partial charge in [0.2, 0.25) is 0 Å². The molecule has 1 aliphatic rings. The van der Waals surface area contributed by atoms with Crippen LogP contribution in [0, 0.1) is 11.7 Å². The lowest BCUT2D eigenvalue weighted by Gasteiger charge is -2.35. The summed E-state index contributed by atoms with van der Waals surface area (Å²) in [4.78, 5) is 19.3. The Morgan fingerprint density at radius 3 is 2.84 bits per heavy atom. The minimum atomic E-state index is -0.292. The summed E-state index contributed by atoms with van der Waals surface area (Å²) in [5.74, 6) is 1.37. The largest absolute Gasteiger partial charge is 0.493 e. The summed E-state index contributed by atoms with van der Waals surface area (Å²) in [6, 6.07) is 12.2. The first kappa shape index (κ1) is 23.8. The van der Waals surface area contributed by atoms with Gasteiger partial charge in [0, 0.05) is 43.5 Å². The van der Waals surface area contributed by atoms with Gasteiger partial charge in [-0.2, -0.15) is 0 Å². The standard InChI is InChI=1S/C25H29ClFN3O2/c1-18(11-13-31)28-19(2)29(3)22-9-10-25(24(26)15-22)30-12-5-6-20(16-30)17-32-23-8-4-7-21(27)14-23/h4,7-11,13-15,20H,5-6,12,16-17H2,1-3H3/b18-11-,28-19-. The van der Waals surface area contributed by atoms with Crippen LogP contribution in [0.3, 0.4) is 0 Å². The summed E-state index contributed by atoms with van der Waals surface area (Å²) in [7, 11) is 1.92. The van der Waals surface area contributed by atoms with Crippen molar-refractivity contribution in [3.63, 3.8) is 0 Å². The van der Waals surface area contributed by atoms with E-state index in [1.807, 2.05) is 37.1 Å². The lowest BCUT2D eigenvalue weighted by Crippen LogP contribution is -2.38. The quantitative estimate of drug-likeness (QED) is 0.230. The van der Waals surface area contributed by atoms with Gasteiger partial charge in [-0.05, 0) is 63.1 Å². The van der Waals surface area contributed by atoms with Crippen LogP contribution < -0.4 is 14.5 Å². The Bertz CT molecular complexity index is 1010. The van der Waals surface area contributed by atoms with Crippen LogP contribution in [0.2, 0.25) is 5.02 Å². The summed E-state index contributed by atoms with van der Waals surface area (Å²) >= 11 is 6.67. The van der Waals surface area contributed by atoms with Crippen molar-refractivity contribution in [1.29, 1.82) is 0 Å². The number of halogens is 2. The first-order valence-corrected chi connectivity index (χ1v) is 11.1. The lowest BCUT2D eigenvalue weighted by molar-refractivity contribution is -0.104. The number of aliphatic imine (C=N–C) groups is 1. The van der Waals surface area contributed by atoms with E-state index >= 15 is 0 Å². The van der Waals surface area contributed by atoms with Crippen molar-refractivity contribution in [2.24, 2.45) is 10.9 Å². The summed E-state index contributed by atoms with van der Waals surface area (Å²) in [5, 5.41) is 0.675. The smallest absolute Gasteiger partial charge is 0.144 e. The van der Waals surface area contributed by atoms with Crippen molar-refractivity contribution < 1.29 is 13.9 Å². The van der Waals surface area contributed by atoms with Gasteiger partial charge in [-0.25, -0.2) is 9.38 Å². The van der Waals surface area contributed by atoms with Crippen LogP contribution in [0.15, 0.2) is 59.2 Å². The van der Waals surface area contributed by atoms with Gasteiger partial charge in [-0.3, -0.25) is 4.79 Å². The topological polar surface area (TPSA) is 45.1 Å². The van der Waals surface area contributed by atoms with Gasteiger partial charge in [-0.15, -0.1) is 0 Å². The van der Waals surface area contributed by atoms with Crippen LogP contribution >= 0.6 is 11.6 Å². The molecule has 0 amide bonds. The number of aldehydes is 1. The molecular formula is C25H29ClFN3O2. The Labute approximate surface area is 194 Å². The number of benzene rings is 2. The molecule has 0 aliphatic carbocycles. The first-order valence-electron chi connectivity index (χ1n) is 10.7. The summed E-state index contributed by atoms with van der Waals surface area (Å²) in [5.41, 5.74) is 2.56. The van der Waals surface area contributed by atoms with Gasteiger partial charge < -0.3 is 14.5 Å². The van der Waals surface area contributed by atoms with Crippen molar-refractivity contribution in [2.45, 2.75) is 26.7 Å². The molecule has 1 fully saturated rings. The zero-order chi connectivity index (χ0) is 23.1. The molecule has 170 valence electrons. The molecule has 7 heteroatoms. The molecule has 1 heterocycles. The Morgan fingerprint density at radius 1 is 1.31 bits per heavy atom. The highest BCUT2D eigenvalue weighted by atomic mass is 35.5. The summed E-state index contributed by atoms with van der Waals surface area (Å²) in [6.07, 6.45) is 4.27. The van der Waals surface area contributed by atoms with Crippen molar-refractivity contribution >= 4 is 35.1 Å². The zero-order valence-corrected chi connectivity index (χ0v) is 19.5. The number of amidine groups is 1. The van der Waals surface area contributed by atoms with E-state index in [1.165, 1.54) is 18.2 Å². The number of nitrogens with zero attached hydrogens (tertiary/aromatic N) is 3. The molecule has 0 saturated carbocycles. The second-order valence-corrected chi connectivity index (χ2v) is 8.43. The first-order chi connectivity index (χ1) is 15.4. The highest BCUT2D eigenvalue weighted by Gasteiger charge is 2.23. The Morgan fingerprint density at radius 2 is 2.12 bits per heavy atom. The number of carbonyl (C=O) groups excluding carboxylic acids is 1. The van der Waals surface area contributed by atoms with Gasteiger partial charge in [0.05, 0.1) is 17.3 Å². The van der Waals surface area contributed by atoms with E-state index in [0.29, 0.717) is 29.0 Å². The molecular weight excluding hydrogens is 429 g/mol. The Balaban J connectivity index is 1.66. The number of piperidine rings is 1. The SMILES string of the molecule is CC(=C/C=O)/N=C(/C)N(C)c1ccc(N2CCCC(COc3cccc(F)c3)C2)c(Cl)c1. The average Bonchev–Trinajstić information content (AvgIpc) is 2.77. The van der Waals surface area contributed by atoms with Gasteiger partial charge in [0.1, 0.15) is 23.7 Å². The minimum absolute atomic E-state index is 0.292. The highest BCUT2D eigenvalue weighted by Crippen LogP contribution is 2.33. The fraction of sp³-hybridized carbons (Fsp3) is 0.360. The maximum atomic E-state index is 13.4. The van der Waals surface area contributed by atoms with Gasteiger partial charge in [0.25, 0.3) is 0 Å². The fourth-order valence-corrected chi connectivity index (χ4v) is 4.10. The highest BCUT2D eigenvalue weighted by molar-refractivity contribution is 6.33. The molecule has 1 aliphatic heterocycles. The number of hydrogen-bond acceptors (Lipinski definition) is 4. The number of ether oxygens (including phenoxy) is 1. The molecule has 1 saturated heterocycles. The van der Waals surface area contributed by atoms with E-state index in [-0.39, 0.29) is 5.82 Å². The van der Waals surface area contributed by atoms with E-state index in [1.54, 1.807) is 19.1 Å². The van der Waals surface area contributed by atoms with E-state index in [9.17, 15) is 9.18 Å². The van der Waals surface area contributed by atoms with Crippen LogP contribution in [0.4, 0.5) is 15.8 Å². The molecule has 0 spiro atoms. The molecule has 0 N–H and O–H groups in total. The Hall–Kier alpha value is -2.86. The molecule has 1 atom stereocenters. The van der Waals surface area contributed by atoms with E-state index in [2.05, 4.69) is 9.89 Å². The molecule has 5 nitrogen and oxygen atoms in total.